The molecule has 0 saturated carbocycles. The van der Waals surface area contributed by atoms with E-state index in [1.165, 1.54) is 11.1 Å². The van der Waals surface area contributed by atoms with Gasteiger partial charge in [0.05, 0.1) is 16.9 Å². The van der Waals surface area contributed by atoms with E-state index in [1.807, 2.05) is 6.07 Å². The smallest absolute Gasteiger partial charge is 0.197 e. The number of anilines is 3. The maximum absolute atomic E-state index is 12.8. The minimum atomic E-state index is -0.194. The molecule has 33 heavy (non-hydrogen) atoms. The van der Waals surface area contributed by atoms with Crippen LogP contribution in [0.25, 0.3) is 6.08 Å². The number of fused-ring (bicyclic) bond motifs is 3. The first-order valence-electron chi connectivity index (χ1n) is 11.0. The summed E-state index contributed by atoms with van der Waals surface area (Å²) in [5.74, 6) is -0.387. The summed E-state index contributed by atoms with van der Waals surface area (Å²) >= 11 is 1.58. The number of hydrogen-bond acceptors (Lipinski definition) is 4. The monoisotopic (exact) mass is 447 g/mol. The highest BCUT2D eigenvalue weighted by atomic mass is 32.1. The molecule has 0 fully saturated rings. The number of carbonyl (C=O) groups excluding carboxylic acids is 2. The van der Waals surface area contributed by atoms with E-state index in [4.69, 9.17) is 0 Å². The summed E-state index contributed by atoms with van der Waals surface area (Å²) in [5, 5.41) is 1.05. The van der Waals surface area contributed by atoms with Crippen molar-refractivity contribution in [3.63, 3.8) is 0 Å². The maximum atomic E-state index is 12.8. The Balaban J connectivity index is 1.45. The lowest BCUT2D eigenvalue weighted by atomic mass is 9.74. The molecule has 1 aromatic heterocycles. The Hall–Kier alpha value is -3.76. The van der Waals surface area contributed by atoms with Crippen LogP contribution in [0.2, 0.25) is 0 Å². The highest BCUT2D eigenvalue weighted by molar-refractivity contribution is 7.17. The van der Waals surface area contributed by atoms with E-state index in [-0.39, 0.29) is 22.6 Å². The molecule has 4 heteroatoms. The lowest BCUT2D eigenvalue weighted by molar-refractivity contribution is 0.0990. The highest BCUT2D eigenvalue weighted by Gasteiger charge is 2.37. The molecule has 0 saturated heterocycles. The zero-order chi connectivity index (χ0) is 22.7. The van der Waals surface area contributed by atoms with E-state index in [2.05, 4.69) is 73.3 Å². The normalized spacial score (nSPS) is 15.8. The van der Waals surface area contributed by atoms with E-state index < -0.39 is 0 Å². The second-order valence-corrected chi connectivity index (χ2v) is 10.0. The number of Topliss-reactive ketones (excluding diaryl/α,β-unsaturated/α-hetero) is 2. The zero-order valence-electron chi connectivity index (χ0n) is 18.3. The average molecular weight is 448 g/mol. The molecule has 3 aromatic carbocycles. The fraction of sp³-hybridized carbons (Fsp3) is 0.103. The third-order valence-corrected chi connectivity index (χ3v) is 7.68. The van der Waals surface area contributed by atoms with Crippen LogP contribution in [0.4, 0.5) is 16.4 Å². The number of rotatable bonds is 2. The van der Waals surface area contributed by atoms with Crippen LogP contribution in [-0.2, 0) is 5.41 Å². The SMILES string of the molecule is CC1(C)c2ccccc2N(c2ccc(C=C3C(=O)c4ccccc4C3=O)s2)c2ccccc21. The van der Waals surface area contributed by atoms with Crippen LogP contribution in [0.3, 0.4) is 0 Å². The van der Waals surface area contributed by atoms with Crippen LogP contribution in [0, 0.1) is 0 Å². The highest BCUT2D eigenvalue weighted by Crippen LogP contribution is 2.52. The fourth-order valence-corrected chi connectivity index (χ4v) is 5.97. The number of para-hydroxylation sites is 2. The van der Waals surface area contributed by atoms with Crippen molar-refractivity contribution >= 4 is 45.4 Å². The number of allylic oxidation sites excluding steroid dienone is 1. The summed E-state index contributed by atoms with van der Waals surface area (Å²) in [5.41, 5.74) is 5.97. The average Bonchev–Trinajstić information content (AvgIpc) is 3.39. The van der Waals surface area contributed by atoms with Crippen molar-refractivity contribution in [3.05, 3.63) is 118 Å². The Morgan fingerprint density at radius 2 is 1.21 bits per heavy atom. The molecule has 2 aliphatic rings. The Kier molecular flexibility index (Phi) is 4.29. The van der Waals surface area contributed by atoms with Crippen LogP contribution >= 0.6 is 11.3 Å². The van der Waals surface area contributed by atoms with Crippen molar-refractivity contribution in [2.24, 2.45) is 0 Å². The van der Waals surface area contributed by atoms with Crippen molar-refractivity contribution in [3.8, 4) is 0 Å². The Bertz CT molecular complexity index is 1400. The zero-order valence-corrected chi connectivity index (χ0v) is 19.1. The molecule has 0 atom stereocenters. The predicted octanol–water partition coefficient (Wildman–Crippen LogP) is 7.32. The fourth-order valence-electron chi connectivity index (χ4n) is 4.99. The lowest BCUT2D eigenvalue weighted by Crippen LogP contribution is -2.30. The molecule has 0 amide bonds. The summed E-state index contributed by atoms with van der Waals surface area (Å²) in [6.07, 6.45) is 1.74. The van der Waals surface area contributed by atoms with Crippen LogP contribution in [0.15, 0.2) is 90.5 Å². The van der Waals surface area contributed by atoms with Crippen molar-refractivity contribution in [1.29, 1.82) is 0 Å². The van der Waals surface area contributed by atoms with Gasteiger partial charge in [-0.05, 0) is 41.5 Å². The number of hydrogen-bond donors (Lipinski definition) is 0. The molecule has 4 aromatic rings. The predicted molar refractivity (Wildman–Crippen MR) is 134 cm³/mol. The van der Waals surface area contributed by atoms with Gasteiger partial charge in [0.25, 0.3) is 0 Å². The van der Waals surface area contributed by atoms with Gasteiger partial charge in [0.2, 0.25) is 0 Å². The number of carbonyl (C=O) groups is 2. The molecular formula is C29H21NO2S. The van der Waals surface area contributed by atoms with Crippen molar-refractivity contribution < 1.29 is 9.59 Å². The summed E-state index contributed by atoms with van der Waals surface area (Å²) in [4.78, 5) is 28.8. The second kappa shape index (κ2) is 7.12. The van der Waals surface area contributed by atoms with Gasteiger partial charge in [0.15, 0.2) is 11.6 Å². The molecule has 0 bridgehead atoms. The number of nitrogens with zero attached hydrogens (tertiary/aromatic N) is 1. The number of thiophene rings is 1. The molecule has 1 aliphatic heterocycles. The van der Waals surface area contributed by atoms with E-state index in [1.54, 1.807) is 41.7 Å². The molecule has 0 unspecified atom stereocenters. The van der Waals surface area contributed by atoms with E-state index in [9.17, 15) is 9.59 Å². The van der Waals surface area contributed by atoms with Gasteiger partial charge in [-0.1, -0.05) is 74.5 Å². The summed E-state index contributed by atoms with van der Waals surface area (Å²) in [6.45, 7) is 4.53. The second-order valence-electron chi connectivity index (χ2n) is 8.93. The summed E-state index contributed by atoms with van der Waals surface area (Å²) in [7, 11) is 0. The van der Waals surface area contributed by atoms with Gasteiger partial charge in [0.1, 0.15) is 5.00 Å². The summed E-state index contributed by atoms with van der Waals surface area (Å²) < 4.78 is 0. The first-order valence-corrected chi connectivity index (χ1v) is 11.8. The maximum Gasteiger partial charge on any atom is 0.197 e. The van der Waals surface area contributed by atoms with Gasteiger partial charge >= 0.3 is 0 Å². The van der Waals surface area contributed by atoms with Crippen LogP contribution in [-0.4, -0.2) is 11.6 Å². The summed E-state index contributed by atoms with van der Waals surface area (Å²) in [6, 6.07) is 28.1. The Morgan fingerprint density at radius 3 is 1.79 bits per heavy atom. The van der Waals surface area contributed by atoms with Gasteiger partial charge in [-0.2, -0.15) is 0 Å². The quantitative estimate of drug-likeness (QED) is 0.239. The molecule has 1 aliphatic carbocycles. The van der Waals surface area contributed by atoms with Gasteiger partial charge in [-0.15, -0.1) is 11.3 Å². The molecule has 0 spiro atoms. The van der Waals surface area contributed by atoms with E-state index in [0.717, 1.165) is 21.3 Å². The van der Waals surface area contributed by atoms with E-state index in [0.29, 0.717) is 11.1 Å². The molecular weight excluding hydrogens is 426 g/mol. The molecule has 0 N–H and O–H groups in total. The van der Waals surface area contributed by atoms with Crippen LogP contribution in [0.5, 0.6) is 0 Å². The van der Waals surface area contributed by atoms with Crippen LogP contribution < -0.4 is 4.90 Å². The molecule has 3 nitrogen and oxygen atoms in total. The van der Waals surface area contributed by atoms with Gasteiger partial charge in [0, 0.05) is 21.4 Å². The van der Waals surface area contributed by atoms with E-state index >= 15 is 0 Å². The molecule has 6 rings (SSSR count). The third-order valence-electron chi connectivity index (χ3n) is 6.66. The Morgan fingerprint density at radius 1 is 0.697 bits per heavy atom. The minimum absolute atomic E-state index is 0.111. The standard InChI is InChI=1S/C29H21NO2S/c1-29(2)22-11-5-7-13-24(22)30(25-14-8-6-12-23(25)29)26-16-15-18(33-26)17-21-27(31)19-9-3-4-10-20(19)28(21)32/h3-17H,1-2H3. The minimum Gasteiger partial charge on any atom is -0.301 e. The first kappa shape index (κ1) is 19.9. The number of benzene rings is 3. The van der Waals surface area contributed by atoms with Crippen molar-refractivity contribution in [2.45, 2.75) is 19.3 Å². The Labute approximate surface area is 196 Å². The van der Waals surface area contributed by atoms with Gasteiger partial charge in [-0.3, -0.25) is 9.59 Å². The third kappa shape index (κ3) is 2.87. The van der Waals surface area contributed by atoms with Crippen molar-refractivity contribution in [2.75, 3.05) is 4.90 Å². The van der Waals surface area contributed by atoms with Gasteiger partial charge < -0.3 is 4.90 Å². The first-order chi connectivity index (χ1) is 16.0. The largest absolute Gasteiger partial charge is 0.301 e. The lowest BCUT2D eigenvalue weighted by Gasteiger charge is -2.41. The topological polar surface area (TPSA) is 37.4 Å². The van der Waals surface area contributed by atoms with Crippen molar-refractivity contribution in [1.82, 2.24) is 0 Å². The van der Waals surface area contributed by atoms with Gasteiger partial charge in [-0.25, -0.2) is 0 Å². The molecule has 2 heterocycles. The molecule has 0 radical (unpaired) electrons. The van der Waals surface area contributed by atoms with Crippen LogP contribution in [0.1, 0.15) is 50.6 Å². The number of ketones is 2. The molecule has 160 valence electrons.